The Balaban J connectivity index is 1.39. The van der Waals surface area contributed by atoms with Gasteiger partial charge in [0.1, 0.15) is 11.6 Å². The van der Waals surface area contributed by atoms with Crippen LogP contribution >= 0.6 is 61.1 Å². The summed E-state index contributed by atoms with van der Waals surface area (Å²) in [5.74, 6) is 1.33. The van der Waals surface area contributed by atoms with Crippen molar-refractivity contribution in [3.05, 3.63) is 93.5 Å². The number of para-hydroxylation sites is 1. The van der Waals surface area contributed by atoms with Gasteiger partial charge in [-0.3, -0.25) is 9.59 Å². The van der Waals surface area contributed by atoms with Crippen LogP contribution in [0.5, 0.6) is 5.75 Å². The Morgan fingerprint density at radius 1 is 1.12 bits per heavy atom. The summed E-state index contributed by atoms with van der Waals surface area (Å²) in [4.78, 5) is 31.0. The maximum absolute atomic E-state index is 13.6. The van der Waals surface area contributed by atoms with Crippen molar-refractivity contribution in [1.29, 1.82) is 0 Å². The van der Waals surface area contributed by atoms with Crippen molar-refractivity contribution in [2.24, 2.45) is 5.10 Å². The number of aromatic nitrogens is 2. The van der Waals surface area contributed by atoms with Crippen LogP contribution in [-0.2, 0) is 4.79 Å². The second kappa shape index (κ2) is 13.1. The molecule has 1 N–H and O–H groups in total. The zero-order valence-electron chi connectivity index (χ0n) is 21.8. The second-order valence-corrected chi connectivity index (χ2v) is 13.0. The van der Waals surface area contributed by atoms with E-state index in [0.717, 1.165) is 59.9 Å². The first-order valence-electron chi connectivity index (χ1n) is 13.0. The van der Waals surface area contributed by atoms with Gasteiger partial charge in [0.25, 0.3) is 11.5 Å². The molecule has 0 bridgehead atoms. The van der Waals surface area contributed by atoms with E-state index in [4.69, 9.17) is 9.72 Å². The minimum absolute atomic E-state index is 0.105. The lowest BCUT2D eigenvalue weighted by molar-refractivity contribution is -0.118. The molecule has 0 aliphatic heterocycles. The maximum Gasteiger partial charge on any atom is 0.282 e. The van der Waals surface area contributed by atoms with Gasteiger partial charge in [-0.15, -0.1) is 0 Å². The monoisotopic (exact) mass is 824 g/mol. The largest absolute Gasteiger partial charge is 0.482 e. The highest BCUT2D eigenvalue weighted by Gasteiger charge is 2.22. The first-order valence-corrected chi connectivity index (χ1v) is 16.0. The normalized spacial score (nSPS) is 14.1. The number of benzene rings is 3. The molecule has 1 fully saturated rings. The average molecular weight is 825 g/mol. The van der Waals surface area contributed by atoms with E-state index in [0.29, 0.717) is 16.7 Å². The van der Waals surface area contributed by atoms with Crippen LogP contribution in [0.15, 0.2) is 69.0 Å². The van der Waals surface area contributed by atoms with Crippen LogP contribution in [0.25, 0.3) is 10.9 Å². The molecule has 0 spiro atoms. The van der Waals surface area contributed by atoms with Gasteiger partial charge in [-0.2, -0.15) is 9.78 Å². The van der Waals surface area contributed by atoms with Crippen LogP contribution in [-0.4, -0.2) is 28.4 Å². The van der Waals surface area contributed by atoms with Crippen molar-refractivity contribution in [1.82, 2.24) is 9.66 Å². The van der Waals surface area contributed by atoms with E-state index in [1.807, 2.05) is 55.5 Å². The van der Waals surface area contributed by atoms with E-state index in [2.05, 4.69) is 71.5 Å². The number of halogens is 3. The van der Waals surface area contributed by atoms with Crippen molar-refractivity contribution in [3.8, 4) is 5.75 Å². The highest BCUT2D eigenvalue weighted by Crippen LogP contribution is 2.32. The molecule has 1 aliphatic rings. The van der Waals surface area contributed by atoms with Crippen LogP contribution in [0.3, 0.4) is 0 Å². The van der Waals surface area contributed by atoms with Crippen molar-refractivity contribution in [3.63, 3.8) is 0 Å². The lowest BCUT2D eigenvalue weighted by Gasteiger charge is -2.22. The van der Waals surface area contributed by atoms with Crippen LogP contribution < -0.4 is 15.6 Å². The molecule has 206 valence electrons. The Morgan fingerprint density at radius 2 is 1.85 bits per heavy atom. The number of aryl methyl sites for hydroxylation is 1. The van der Waals surface area contributed by atoms with Crippen LogP contribution in [0.4, 0.5) is 5.69 Å². The van der Waals surface area contributed by atoms with Crippen LogP contribution in [0.1, 0.15) is 55.0 Å². The molecule has 7 nitrogen and oxygen atoms in total. The Hall–Kier alpha value is -2.32. The summed E-state index contributed by atoms with van der Waals surface area (Å²) in [7, 11) is 0. The summed E-state index contributed by atoms with van der Waals surface area (Å²) in [6.07, 6.45) is 7.17. The molecular weight excluding hydrogens is 798 g/mol. The Morgan fingerprint density at radius 3 is 2.58 bits per heavy atom. The standard InChI is InChI=1S/C30H27BrI2N4O3/c1-18-7-5-6-10-25(18)35-27(38)17-40-28-23(32)13-19(14-24(28)33)16-34-37-29(20-8-3-2-4-9-20)36-26-12-11-21(31)15-22(26)30(37)39/h5-7,10-16,20H,2-4,8-9,17H2,1H3,(H,35,38). The van der Waals surface area contributed by atoms with E-state index in [-0.39, 0.29) is 24.0 Å². The fourth-order valence-electron chi connectivity index (χ4n) is 4.86. The first kappa shape index (κ1) is 29.2. The van der Waals surface area contributed by atoms with Gasteiger partial charge in [0.05, 0.1) is 24.3 Å². The molecule has 10 heteroatoms. The molecule has 1 heterocycles. The average Bonchev–Trinajstić information content (AvgIpc) is 2.94. The fraction of sp³-hybridized carbons (Fsp3) is 0.267. The van der Waals surface area contributed by atoms with Crippen molar-refractivity contribution >= 4 is 89.8 Å². The minimum Gasteiger partial charge on any atom is -0.482 e. The smallest absolute Gasteiger partial charge is 0.282 e. The van der Waals surface area contributed by atoms with Crippen LogP contribution in [0, 0.1) is 14.1 Å². The topological polar surface area (TPSA) is 85.6 Å². The Labute approximate surface area is 268 Å². The SMILES string of the molecule is Cc1ccccc1NC(=O)COc1c(I)cc(C=Nn2c(C3CCCCC3)nc3ccc(Br)cc3c2=O)cc1I. The van der Waals surface area contributed by atoms with Gasteiger partial charge in [0.15, 0.2) is 6.61 Å². The summed E-state index contributed by atoms with van der Waals surface area (Å²) in [5.41, 5.74) is 3.10. The molecule has 1 amide bonds. The minimum atomic E-state index is -0.225. The molecular formula is C30H27BrI2N4O3. The molecule has 40 heavy (non-hydrogen) atoms. The van der Waals surface area contributed by atoms with E-state index in [1.165, 1.54) is 11.1 Å². The number of rotatable bonds is 7. The summed E-state index contributed by atoms with van der Waals surface area (Å²) >= 11 is 7.87. The van der Waals surface area contributed by atoms with Crippen molar-refractivity contribution in [2.45, 2.75) is 44.9 Å². The van der Waals surface area contributed by atoms with E-state index in [9.17, 15) is 9.59 Å². The number of ether oxygens (including phenoxy) is 1. The molecule has 1 aliphatic carbocycles. The van der Waals surface area contributed by atoms with Crippen molar-refractivity contribution in [2.75, 3.05) is 11.9 Å². The third kappa shape index (κ3) is 6.76. The number of hydrogen-bond acceptors (Lipinski definition) is 5. The first-order chi connectivity index (χ1) is 19.3. The molecule has 0 saturated heterocycles. The molecule has 0 unspecified atom stereocenters. The van der Waals surface area contributed by atoms with Gasteiger partial charge in [-0.25, -0.2) is 4.98 Å². The number of carbonyl (C=O) groups excluding carboxylic acids is 1. The number of amides is 1. The summed E-state index contributed by atoms with van der Waals surface area (Å²) in [6, 6.07) is 17.1. The number of nitrogens with zero attached hydrogens (tertiary/aromatic N) is 3. The lowest BCUT2D eigenvalue weighted by atomic mass is 9.88. The van der Waals surface area contributed by atoms with E-state index < -0.39 is 0 Å². The second-order valence-electron chi connectivity index (χ2n) is 9.79. The number of fused-ring (bicyclic) bond motifs is 1. The van der Waals surface area contributed by atoms with Gasteiger partial charge in [-0.1, -0.05) is 53.4 Å². The number of carbonyl (C=O) groups is 1. The van der Waals surface area contributed by atoms with Gasteiger partial charge < -0.3 is 10.1 Å². The highest BCUT2D eigenvalue weighted by molar-refractivity contribution is 14.1. The number of nitrogens with one attached hydrogen (secondary N) is 1. The lowest BCUT2D eigenvalue weighted by Crippen LogP contribution is -2.25. The summed E-state index contributed by atoms with van der Waals surface area (Å²) in [6.45, 7) is 1.84. The summed E-state index contributed by atoms with van der Waals surface area (Å²) in [5, 5.41) is 8.08. The molecule has 1 aromatic heterocycles. The van der Waals surface area contributed by atoms with Gasteiger partial charge >= 0.3 is 0 Å². The van der Waals surface area contributed by atoms with Gasteiger partial charge in [0.2, 0.25) is 0 Å². The van der Waals surface area contributed by atoms with Crippen LogP contribution in [0.2, 0.25) is 0 Å². The summed E-state index contributed by atoms with van der Waals surface area (Å²) < 4.78 is 9.88. The third-order valence-electron chi connectivity index (χ3n) is 6.91. The molecule has 1 saturated carbocycles. The molecule has 0 atom stereocenters. The Kier molecular flexibility index (Phi) is 9.56. The van der Waals surface area contributed by atoms with Gasteiger partial charge in [0, 0.05) is 16.1 Å². The fourth-order valence-corrected chi connectivity index (χ4v) is 7.34. The number of anilines is 1. The van der Waals surface area contributed by atoms with Crippen molar-refractivity contribution < 1.29 is 9.53 Å². The maximum atomic E-state index is 13.6. The molecule has 3 aromatic carbocycles. The van der Waals surface area contributed by atoms with E-state index in [1.54, 1.807) is 12.3 Å². The highest BCUT2D eigenvalue weighted by atomic mass is 127. The van der Waals surface area contributed by atoms with Gasteiger partial charge in [-0.05, 0) is 112 Å². The zero-order valence-corrected chi connectivity index (χ0v) is 27.7. The predicted octanol–water partition coefficient (Wildman–Crippen LogP) is 7.62. The zero-order chi connectivity index (χ0) is 28.2. The molecule has 0 radical (unpaired) electrons. The molecule has 4 aromatic rings. The number of hydrogen-bond donors (Lipinski definition) is 1. The third-order valence-corrected chi connectivity index (χ3v) is 9.01. The van der Waals surface area contributed by atoms with E-state index >= 15 is 0 Å². The predicted molar refractivity (Wildman–Crippen MR) is 180 cm³/mol. The molecule has 5 rings (SSSR count). The Bertz CT molecular complexity index is 1640. The quantitative estimate of drug-likeness (QED) is 0.154.